The Morgan fingerprint density at radius 2 is 1.94 bits per heavy atom. The molecule has 88 valence electrons. The van der Waals surface area contributed by atoms with E-state index in [9.17, 15) is 5.11 Å². The average molecular weight is 219 g/mol. The minimum atomic E-state index is 0.281. The molecule has 2 nitrogen and oxygen atoms in total. The van der Waals surface area contributed by atoms with Crippen molar-refractivity contribution in [2.45, 2.75) is 25.7 Å². The van der Waals surface area contributed by atoms with Crippen molar-refractivity contribution in [1.29, 1.82) is 0 Å². The molecule has 0 radical (unpaired) electrons. The van der Waals surface area contributed by atoms with Crippen LogP contribution < -0.4 is 5.32 Å². The van der Waals surface area contributed by atoms with Crippen molar-refractivity contribution < 1.29 is 5.11 Å². The van der Waals surface area contributed by atoms with Gasteiger partial charge in [0.05, 0.1) is 0 Å². The highest BCUT2D eigenvalue weighted by atomic mass is 16.3. The number of hydrogen-bond donors (Lipinski definition) is 2. The highest BCUT2D eigenvalue weighted by molar-refractivity contribution is 5.28. The summed E-state index contributed by atoms with van der Waals surface area (Å²) in [6.07, 6.45) is 0. The van der Waals surface area contributed by atoms with Crippen molar-refractivity contribution >= 4 is 0 Å². The van der Waals surface area contributed by atoms with E-state index in [1.807, 2.05) is 0 Å². The summed E-state index contributed by atoms with van der Waals surface area (Å²) in [6.45, 7) is 6.63. The molecule has 16 heavy (non-hydrogen) atoms. The van der Waals surface area contributed by atoms with Gasteiger partial charge in [-0.25, -0.2) is 0 Å². The summed E-state index contributed by atoms with van der Waals surface area (Å²) < 4.78 is 0. The monoisotopic (exact) mass is 219 g/mol. The van der Waals surface area contributed by atoms with E-state index in [1.165, 1.54) is 11.1 Å². The maximum Gasteiger partial charge on any atom is 0.0477 e. The minimum Gasteiger partial charge on any atom is -0.396 e. The lowest BCUT2D eigenvalue weighted by molar-refractivity contribution is 0.226. The molecular weight excluding hydrogens is 198 g/mol. The number of aliphatic hydroxyl groups is 1. The molecule has 2 atom stereocenters. The van der Waals surface area contributed by atoms with Crippen LogP contribution in [-0.2, 0) is 0 Å². The summed E-state index contributed by atoms with van der Waals surface area (Å²) in [5.41, 5.74) is 2.74. The van der Waals surface area contributed by atoms with Crippen LogP contribution >= 0.6 is 0 Å². The molecule has 0 amide bonds. The van der Waals surface area contributed by atoms with Gasteiger partial charge in [-0.05, 0) is 17.0 Å². The average Bonchev–Trinajstić information content (AvgIpc) is 2.77. The first kappa shape index (κ1) is 11.6. The Balaban J connectivity index is 2.15. The van der Waals surface area contributed by atoms with E-state index in [4.69, 9.17) is 0 Å². The van der Waals surface area contributed by atoms with Crippen molar-refractivity contribution in [1.82, 2.24) is 5.32 Å². The fourth-order valence-electron chi connectivity index (χ4n) is 2.44. The van der Waals surface area contributed by atoms with E-state index in [2.05, 4.69) is 43.4 Å². The second kappa shape index (κ2) is 4.98. The molecule has 1 aliphatic heterocycles. The summed E-state index contributed by atoms with van der Waals surface area (Å²) in [7, 11) is 0. The second-order valence-corrected chi connectivity index (χ2v) is 5.03. The Morgan fingerprint density at radius 1 is 1.25 bits per heavy atom. The van der Waals surface area contributed by atoms with Crippen LogP contribution in [0.4, 0.5) is 0 Å². The van der Waals surface area contributed by atoms with Crippen LogP contribution in [0.25, 0.3) is 0 Å². The van der Waals surface area contributed by atoms with Crippen molar-refractivity contribution in [3.63, 3.8) is 0 Å². The summed E-state index contributed by atoms with van der Waals surface area (Å²) in [4.78, 5) is 0. The maximum absolute atomic E-state index is 9.30. The Morgan fingerprint density at radius 3 is 2.50 bits per heavy atom. The molecule has 2 rings (SSSR count). The molecule has 0 aromatic heterocycles. The summed E-state index contributed by atoms with van der Waals surface area (Å²) in [5, 5.41) is 12.6. The molecule has 2 N–H and O–H groups in total. The molecule has 1 aromatic rings. The van der Waals surface area contributed by atoms with Crippen molar-refractivity contribution in [2.75, 3.05) is 19.7 Å². The van der Waals surface area contributed by atoms with Gasteiger partial charge in [0.2, 0.25) is 0 Å². The zero-order valence-corrected chi connectivity index (χ0v) is 10.1. The summed E-state index contributed by atoms with van der Waals surface area (Å²) >= 11 is 0. The third-order valence-corrected chi connectivity index (χ3v) is 3.61. The quantitative estimate of drug-likeness (QED) is 0.816. The first-order chi connectivity index (χ1) is 7.72. The van der Waals surface area contributed by atoms with Crippen LogP contribution in [0.1, 0.15) is 36.8 Å². The number of nitrogens with one attached hydrogen (secondary N) is 1. The van der Waals surface area contributed by atoms with Crippen LogP contribution in [0.3, 0.4) is 0 Å². The predicted molar refractivity (Wildman–Crippen MR) is 66.7 cm³/mol. The van der Waals surface area contributed by atoms with Crippen molar-refractivity contribution in [2.24, 2.45) is 5.92 Å². The molecule has 0 unspecified atom stereocenters. The summed E-state index contributed by atoms with van der Waals surface area (Å²) in [6, 6.07) is 8.87. The summed E-state index contributed by atoms with van der Waals surface area (Å²) in [5.74, 6) is 1.44. The number of rotatable bonds is 3. The Labute approximate surface area is 97.7 Å². The van der Waals surface area contributed by atoms with Crippen LogP contribution in [0.5, 0.6) is 0 Å². The molecule has 1 aromatic carbocycles. The van der Waals surface area contributed by atoms with Crippen LogP contribution in [0.2, 0.25) is 0 Å². The van der Waals surface area contributed by atoms with Gasteiger partial charge in [0, 0.05) is 31.5 Å². The van der Waals surface area contributed by atoms with Gasteiger partial charge in [-0.2, -0.15) is 0 Å². The highest BCUT2D eigenvalue weighted by Crippen LogP contribution is 2.28. The first-order valence-electron chi connectivity index (χ1n) is 6.13. The van der Waals surface area contributed by atoms with E-state index in [0.717, 1.165) is 13.1 Å². The van der Waals surface area contributed by atoms with E-state index in [1.54, 1.807) is 0 Å². The lowest BCUT2D eigenvalue weighted by atomic mass is 9.88. The smallest absolute Gasteiger partial charge is 0.0477 e. The van der Waals surface area contributed by atoms with E-state index >= 15 is 0 Å². The van der Waals surface area contributed by atoms with Crippen molar-refractivity contribution in [3.05, 3.63) is 35.4 Å². The van der Waals surface area contributed by atoms with Crippen LogP contribution in [0.15, 0.2) is 24.3 Å². The van der Waals surface area contributed by atoms with Gasteiger partial charge in [-0.1, -0.05) is 38.1 Å². The molecule has 2 heteroatoms. The largest absolute Gasteiger partial charge is 0.396 e. The van der Waals surface area contributed by atoms with Gasteiger partial charge in [0.1, 0.15) is 0 Å². The third-order valence-electron chi connectivity index (χ3n) is 3.61. The van der Waals surface area contributed by atoms with Gasteiger partial charge < -0.3 is 10.4 Å². The fourth-order valence-corrected chi connectivity index (χ4v) is 2.44. The molecule has 1 fully saturated rings. The molecule has 0 bridgehead atoms. The van der Waals surface area contributed by atoms with E-state index < -0.39 is 0 Å². The predicted octanol–water partition coefficient (Wildman–Crippen LogP) is 2.11. The van der Waals surface area contributed by atoms with Crippen LogP contribution in [0, 0.1) is 5.92 Å². The number of benzene rings is 1. The van der Waals surface area contributed by atoms with Crippen molar-refractivity contribution in [3.8, 4) is 0 Å². The molecule has 1 saturated heterocycles. The van der Waals surface area contributed by atoms with Gasteiger partial charge in [0.15, 0.2) is 0 Å². The van der Waals surface area contributed by atoms with E-state index in [0.29, 0.717) is 17.8 Å². The third kappa shape index (κ3) is 2.28. The number of hydrogen-bond acceptors (Lipinski definition) is 2. The molecule has 0 spiro atoms. The Hall–Kier alpha value is -0.860. The lowest BCUT2D eigenvalue weighted by Gasteiger charge is -2.17. The van der Waals surface area contributed by atoms with Gasteiger partial charge >= 0.3 is 0 Å². The minimum absolute atomic E-state index is 0.281. The standard InChI is InChI=1S/C14H21NO/c1-10(2)11-3-5-12(6-4-11)14-8-15-7-13(14)9-16/h3-6,10,13-16H,7-9H2,1-2H3/t13-,14-/m0/s1. The number of aliphatic hydroxyl groups excluding tert-OH is 1. The molecule has 1 aliphatic rings. The Kier molecular flexibility index (Phi) is 3.62. The normalized spacial score (nSPS) is 25.2. The zero-order valence-electron chi connectivity index (χ0n) is 10.1. The van der Waals surface area contributed by atoms with Gasteiger partial charge in [-0.3, -0.25) is 0 Å². The maximum atomic E-state index is 9.30. The van der Waals surface area contributed by atoms with Crippen LogP contribution in [-0.4, -0.2) is 24.8 Å². The first-order valence-corrected chi connectivity index (χ1v) is 6.13. The fraction of sp³-hybridized carbons (Fsp3) is 0.571. The van der Waals surface area contributed by atoms with Gasteiger partial charge in [0.25, 0.3) is 0 Å². The Bertz CT molecular complexity index is 331. The highest BCUT2D eigenvalue weighted by Gasteiger charge is 2.27. The topological polar surface area (TPSA) is 32.3 Å². The zero-order chi connectivity index (χ0) is 11.5. The molecular formula is C14H21NO. The molecule has 0 aliphatic carbocycles. The van der Waals surface area contributed by atoms with E-state index in [-0.39, 0.29) is 6.61 Å². The molecule has 1 heterocycles. The lowest BCUT2D eigenvalue weighted by Crippen LogP contribution is -2.14. The SMILES string of the molecule is CC(C)c1ccc([C@@H]2CNC[C@H]2CO)cc1. The van der Waals surface area contributed by atoms with Gasteiger partial charge in [-0.15, -0.1) is 0 Å². The molecule has 0 saturated carbocycles. The second-order valence-electron chi connectivity index (χ2n) is 5.03.